The van der Waals surface area contributed by atoms with Gasteiger partial charge >= 0.3 is 0 Å². The first-order valence-corrected chi connectivity index (χ1v) is 6.90. The molecule has 1 atom stereocenters. The molecule has 0 saturated heterocycles. The fourth-order valence-corrected chi connectivity index (χ4v) is 2.61. The first kappa shape index (κ1) is 13.9. The molecule has 1 N–H and O–H groups in total. The van der Waals surface area contributed by atoms with Crippen molar-refractivity contribution in [1.82, 2.24) is 9.78 Å². The van der Waals surface area contributed by atoms with E-state index in [4.69, 9.17) is 4.74 Å². The van der Waals surface area contributed by atoms with E-state index in [9.17, 15) is 0 Å². The number of hydrogen-bond acceptors (Lipinski definition) is 3. The van der Waals surface area contributed by atoms with Crippen molar-refractivity contribution in [3.63, 3.8) is 0 Å². The number of aryl methyl sites for hydroxylation is 2. The van der Waals surface area contributed by atoms with Crippen molar-refractivity contribution in [2.75, 3.05) is 12.4 Å². The van der Waals surface area contributed by atoms with Crippen LogP contribution in [0, 0.1) is 6.92 Å². The lowest BCUT2D eigenvalue weighted by Crippen LogP contribution is -2.07. The summed E-state index contributed by atoms with van der Waals surface area (Å²) >= 11 is 3.48. The summed E-state index contributed by atoms with van der Waals surface area (Å²) in [6, 6.07) is 6.13. The van der Waals surface area contributed by atoms with Crippen LogP contribution >= 0.6 is 15.9 Å². The minimum absolute atomic E-state index is 0.188. The Hall–Kier alpha value is -1.49. The van der Waals surface area contributed by atoms with Crippen LogP contribution in [0.25, 0.3) is 0 Å². The summed E-state index contributed by atoms with van der Waals surface area (Å²) in [7, 11) is 3.60. The van der Waals surface area contributed by atoms with Gasteiger partial charge in [0.15, 0.2) is 0 Å². The van der Waals surface area contributed by atoms with Crippen molar-refractivity contribution in [3.05, 3.63) is 40.1 Å². The zero-order chi connectivity index (χ0) is 14.0. The van der Waals surface area contributed by atoms with E-state index in [0.717, 1.165) is 21.6 Å². The molecule has 4 nitrogen and oxygen atoms in total. The molecule has 1 aromatic carbocycles. The Morgan fingerprint density at radius 3 is 2.68 bits per heavy atom. The number of ether oxygens (including phenoxy) is 1. The Morgan fingerprint density at radius 1 is 1.37 bits per heavy atom. The third-order valence-corrected chi connectivity index (χ3v) is 3.47. The van der Waals surface area contributed by atoms with Crippen LogP contribution in [-0.2, 0) is 7.05 Å². The van der Waals surface area contributed by atoms with E-state index in [1.807, 2.05) is 43.0 Å². The maximum absolute atomic E-state index is 5.26. The molecular formula is C14H18BrN3O. The smallest absolute Gasteiger partial charge is 0.122 e. The predicted octanol–water partition coefficient (Wildman–Crippen LogP) is 3.67. The molecule has 0 radical (unpaired) electrons. The monoisotopic (exact) mass is 323 g/mol. The number of nitrogens with one attached hydrogen (secondary N) is 1. The fourth-order valence-electron chi connectivity index (χ4n) is 2.13. The second-order valence-electron chi connectivity index (χ2n) is 4.59. The summed E-state index contributed by atoms with van der Waals surface area (Å²) in [5, 5.41) is 7.83. The lowest BCUT2D eigenvalue weighted by molar-refractivity contribution is 0.414. The van der Waals surface area contributed by atoms with E-state index in [0.29, 0.717) is 0 Å². The minimum atomic E-state index is 0.188. The highest BCUT2D eigenvalue weighted by Gasteiger charge is 2.12. The van der Waals surface area contributed by atoms with Crippen molar-refractivity contribution < 1.29 is 4.74 Å². The Balaban J connectivity index is 2.21. The standard InChI is InChI=1S/C14H18BrN3O/c1-9(14-8-18(3)17-10(14)2)16-12-5-11(15)6-13(7-12)19-4/h5-9,16H,1-4H3. The van der Waals surface area contributed by atoms with Crippen LogP contribution in [0.1, 0.15) is 24.2 Å². The fraction of sp³-hybridized carbons (Fsp3) is 0.357. The first-order chi connectivity index (χ1) is 8.99. The van der Waals surface area contributed by atoms with Gasteiger partial charge in [0.05, 0.1) is 18.8 Å². The zero-order valence-corrected chi connectivity index (χ0v) is 13.2. The van der Waals surface area contributed by atoms with E-state index in [2.05, 4.69) is 33.3 Å². The molecule has 5 heteroatoms. The van der Waals surface area contributed by atoms with E-state index in [1.165, 1.54) is 5.56 Å². The van der Waals surface area contributed by atoms with Gasteiger partial charge in [0.2, 0.25) is 0 Å². The number of methoxy groups -OCH3 is 1. The molecular weight excluding hydrogens is 306 g/mol. The summed E-state index contributed by atoms with van der Waals surface area (Å²) in [5.41, 5.74) is 3.26. The molecule has 19 heavy (non-hydrogen) atoms. The summed E-state index contributed by atoms with van der Waals surface area (Å²) in [6.07, 6.45) is 2.04. The van der Waals surface area contributed by atoms with Gasteiger partial charge in [0.25, 0.3) is 0 Å². The molecule has 1 unspecified atom stereocenters. The van der Waals surface area contributed by atoms with Crippen molar-refractivity contribution in [2.45, 2.75) is 19.9 Å². The second-order valence-corrected chi connectivity index (χ2v) is 5.50. The third-order valence-electron chi connectivity index (χ3n) is 3.01. The molecule has 2 aromatic rings. The molecule has 1 aromatic heterocycles. The van der Waals surface area contributed by atoms with Gasteiger partial charge in [0, 0.05) is 35.0 Å². The van der Waals surface area contributed by atoms with Crippen LogP contribution in [0.3, 0.4) is 0 Å². The van der Waals surface area contributed by atoms with Gasteiger partial charge in [-0.2, -0.15) is 5.10 Å². The zero-order valence-electron chi connectivity index (χ0n) is 11.6. The number of rotatable bonds is 4. The SMILES string of the molecule is COc1cc(Br)cc(NC(C)c2cn(C)nc2C)c1. The molecule has 1 heterocycles. The highest BCUT2D eigenvalue weighted by Crippen LogP contribution is 2.28. The lowest BCUT2D eigenvalue weighted by Gasteiger charge is -2.15. The quantitative estimate of drug-likeness (QED) is 0.933. The van der Waals surface area contributed by atoms with Crippen molar-refractivity contribution in [1.29, 1.82) is 0 Å². The molecule has 0 fully saturated rings. The first-order valence-electron chi connectivity index (χ1n) is 6.11. The van der Waals surface area contributed by atoms with Crippen LogP contribution < -0.4 is 10.1 Å². The molecule has 0 saturated carbocycles. The van der Waals surface area contributed by atoms with Gasteiger partial charge in [-0.3, -0.25) is 4.68 Å². The van der Waals surface area contributed by atoms with E-state index >= 15 is 0 Å². The Kier molecular flexibility index (Phi) is 4.14. The van der Waals surface area contributed by atoms with Gasteiger partial charge < -0.3 is 10.1 Å². The summed E-state index contributed by atoms with van der Waals surface area (Å²) in [6.45, 7) is 4.15. The summed E-state index contributed by atoms with van der Waals surface area (Å²) < 4.78 is 8.09. The van der Waals surface area contributed by atoms with E-state index < -0.39 is 0 Å². The van der Waals surface area contributed by atoms with Crippen molar-refractivity contribution in [3.8, 4) is 5.75 Å². The predicted molar refractivity (Wildman–Crippen MR) is 80.7 cm³/mol. The maximum Gasteiger partial charge on any atom is 0.122 e. The number of benzene rings is 1. The molecule has 0 amide bonds. The largest absolute Gasteiger partial charge is 0.497 e. The van der Waals surface area contributed by atoms with Crippen molar-refractivity contribution in [2.24, 2.45) is 7.05 Å². The van der Waals surface area contributed by atoms with E-state index in [-0.39, 0.29) is 6.04 Å². The number of anilines is 1. The topological polar surface area (TPSA) is 39.1 Å². The summed E-state index contributed by atoms with van der Waals surface area (Å²) in [5.74, 6) is 0.826. The average molecular weight is 324 g/mol. The van der Waals surface area contributed by atoms with Gasteiger partial charge in [-0.05, 0) is 26.0 Å². The molecule has 102 valence electrons. The molecule has 0 spiro atoms. The molecule has 0 bridgehead atoms. The summed E-state index contributed by atoms with van der Waals surface area (Å²) in [4.78, 5) is 0. The van der Waals surface area contributed by atoms with Crippen LogP contribution in [0.2, 0.25) is 0 Å². The average Bonchev–Trinajstić information content (AvgIpc) is 2.67. The second kappa shape index (κ2) is 5.65. The van der Waals surface area contributed by atoms with Gasteiger partial charge in [-0.15, -0.1) is 0 Å². The van der Waals surface area contributed by atoms with Crippen LogP contribution in [0.4, 0.5) is 5.69 Å². The molecule has 0 aliphatic carbocycles. The lowest BCUT2D eigenvalue weighted by atomic mass is 10.1. The number of halogens is 1. The van der Waals surface area contributed by atoms with E-state index in [1.54, 1.807) is 7.11 Å². The Bertz CT molecular complexity index is 580. The maximum atomic E-state index is 5.26. The van der Waals surface area contributed by atoms with Crippen LogP contribution in [-0.4, -0.2) is 16.9 Å². The highest BCUT2D eigenvalue weighted by atomic mass is 79.9. The molecule has 0 aliphatic heterocycles. The highest BCUT2D eigenvalue weighted by molar-refractivity contribution is 9.10. The Morgan fingerprint density at radius 2 is 2.11 bits per heavy atom. The van der Waals surface area contributed by atoms with Crippen molar-refractivity contribution >= 4 is 21.6 Å². The molecule has 0 aliphatic rings. The molecule has 2 rings (SSSR count). The van der Waals surface area contributed by atoms with Gasteiger partial charge in [0.1, 0.15) is 5.75 Å². The number of aromatic nitrogens is 2. The number of nitrogens with zero attached hydrogens (tertiary/aromatic N) is 2. The van der Waals surface area contributed by atoms with Crippen LogP contribution in [0.15, 0.2) is 28.9 Å². The minimum Gasteiger partial charge on any atom is -0.497 e. The van der Waals surface area contributed by atoms with Gasteiger partial charge in [-0.1, -0.05) is 15.9 Å². The Labute approximate surface area is 121 Å². The van der Waals surface area contributed by atoms with Crippen LogP contribution in [0.5, 0.6) is 5.75 Å². The number of hydrogen-bond donors (Lipinski definition) is 1. The van der Waals surface area contributed by atoms with Gasteiger partial charge in [-0.25, -0.2) is 0 Å². The normalized spacial score (nSPS) is 12.3. The third kappa shape index (κ3) is 3.29.